The number of fused-ring (bicyclic) bond motifs is 1. The van der Waals surface area contributed by atoms with Crippen LogP contribution in [0.4, 0.5) is 4.39 Å². The number of para-hydroxylation sites is 1. The van der Waals surface area contributed by atoms with Crippen molar-refractivity contribution in [2.45, 2.75) is 80.4 Å². The highest BCUT2D eigenvalue weighted by molar-refractivity contribution is 5.86. The summed E-state index contributed by atoms with van der Waals surface area (Å²) in [5.41, 5.74) is 6.24. The molecule has 0 unspecified atom stereocenters. The number of hydrogen-bond donors (Lipinski definition) is 0. The van der Waals surface area contributed by atoms with Gasteiger partial charge < -0.3 is 14.2 Å². The van der Waals surface area contributed by atoms with Crippen LogP contribution in [-0.2, 0) is 22.5 Å². The summed E-state index contributed by atoms with van der Waals surface area (Å²) in [6.45, 7) is 24.3. The van der Waals surface area contributed by atoms with Crippen LogP contribution < -0.4 is 0 Å². The topological polar surface area (TPSA) is 37.7 Å². The Kier molecular flexibility index (Phi) is 13.5. The van der Waals surface area contributed by atoms with Gasteiger partial charge in [-0.1, -0.05) is 75.7 Å². The molecule has 5 nitrogen and oxygen atoms in total. The smallest absolute Gasteiger partial charge is 0.292 e. The van der Waals surface area contributed by atoms with Crippen molar-refractivity contribution in [3.8, 4) is 0 Å². The maximum absolute atomic E-state index is 13.3. The summed E-state index contributed by atoms with van der Waals surface area (Å²) < 4.78 is 19.7. The zero-order chi connectivity index (χ0) is 30.6. The minimum Gasteiger partial charge on any atom is -0.471 e. The fourth-order valence-corrected chi connectivity index (χ4v) is 5.17. The molecule has 2 heterocycles. The number of aryl methyl sites for hydroxylation is 1. The summed E-state index contributed by atoms with van der Waals surface area (Å²) in [5, 5.41) is 1.41. The van der Waals surface area contributed by atoms with Crippen LogP contribution in [0.15, 0.2) is 48.5 Å². The van der Waals surface area contributed by atoms with Crippen molar-refractivity contribution in [1.29, 1.82) is 0 Å². The number of hydrogen-bond acceptors (Lipinski definition) is 4. The summed E-state index contributed by atoms with van der Waals surface area (Å²) in [7, 11) is 1.31. The van der Waals surface area contributed by atoms with E-state index in [2.05, 4.69) is 109 Å². The highest BCUT2D eigenvalue weighted by atomic mass is 19.1. The van der Waals surface area contributed by atoms with Gasteiger partial charge in [-0.2, -0.15) is 0 Å². The Morgan fingerprint density at radius 1 is 0.878 bits per heavy atom. The van der Waals surface area contributed by atoms with Gasteiger partial charge >= 0.3 is 0 Å². The molecule has 228 valence electrons. The van der Waals surface area contributed by atoms with Crippen molar-refractivity contribution < 1.29 is 13.9 Å². The molecule has 2 aromatic carbocycles. The van der Waals surface area contributed by atoms with E-state index in [9.17, 15) is 4.39 Å². The number of carbonyl (C=O) groups excluding carboxylic acids is 1. The molecule has 0 saturated carbocycles. The molecule has 1 fully saturated rings. The second kappa shape index (κ2) is 16.1. The standard InChI is InChI=1S/C23H29N.C10H21FN2.C2H4O2/c1-6-23(4,5)16-24-18(3)21(20-9-7-8-10-22(20)24)15-19-13-11-17(2)12-14-19;1-4-12-5-7-13(8-6-12)9-10(2,3)11;1-4-2-3/h7-14H,6,15-16H2,1-5H3;4-9H2,1-3H3;2H,1H3. The van der Waals surface area contributed by atoms with Gasteiger partial charge in [0.15, 0.2) is 0 Å². The molecule has 0 N–H and O–H groups in total. The molecular weight excluding hydrogens is 513 g/mol. The lowest BCUT2D eigenvalue weighted by atomic mass is 9.90. The number of ether oxygens (including phenoxy) is 1. The van der Waals surface area contributed by atoms with Crippen LogP contribution in [0.2, 0.25) is 0 Å². The molecule has 6 heteroatoms. The van der Waals surface area contributed by atoms with Gasteiger partial charge in [-0.3, -0.25) is 9.69 Å². The van der Waals surface area contributed by atoms with E-state index in [1.54, 1.807) is 13.8 Å². The van der Waals surface area contributed by atoms with E-state index in [0.29, 0.717) is 18.4 Å². The third-order valence-corrected chi connectivity index (χ3v) is 8.01. The molecule has 4 rings (SSSR count). The van der Waals surface area contributed by atoms with Gasteiger partial charge in [0.2, 0.25) is 0 Å². The zero-order valence-corrected chi connectivity index (χ0v) is 27.1. The first-order valence-electron chi connectivity index (χ1n) is 15.1. The van der Waals surface area contributed by atoms with Crippen LogP contribution in [0.3, 0.4) is 0 Å². The molecule has 0 amide bonds. The molecule has 1 saturated heterocycles. The number of piperazine rings is 1. The Morgan fingerprint density at radius 3 is 1.95 bits per heavy atom. The molecule has 0 aliphatic carbocycles. The van der Waals surface area contributed by atoms with Crippen molar-refractivity contribution in [3.63, 3.8) is 0 Å². The maximum atomic E-state index is 13.3. The van der Waals surface area contributed by atoms with Gasteiger partial charge in [0.05, 0.1) is 7.11 Å². The lowest BCUT2D eigenvalue weighted by molar-refractivity contribution is -0.126. The Labute approximate surface area is 248 Å². The molecule has 0 spiro atoms. The first-order chi connectivity index (χ1) is 19.3. The second-order valence-electron chi connectivity index (χ2n) is 12.6. The van der Waals surface area contributed by atoms with E-state index < -0.39 is 5.67 Å². The zero-order valence-electron chi connectivity index (χ0n) is 27.1. The monoisotopic (exact) mass is 567 g/mol. The number of benzene rings is 2. The van der Waals surface area contributed by atoms with Crippen molar-refractivity contribution in [2.24, 2.45) is 5.41 Å². The molecule has 3 aromatic rings. The van der Waals surface area contributed by atoms with Crippen LogP contribution >= 0.6 is 0 Å². The van der Waals surface area contributed by atoms with Crippen LogP contribution in [-0.4, -0.2) is 72.9 Å². The SMILES string of the molecule is CCC(C)(C)Cn1c(C)c(Cc2ccc(C)cc2)c2ccccc21.CCN1CCN(CC(C)(C)F)CC1.COC=O. The van der Waals surface area contributed by atoms with E-state index in [4.69, 9.17) is 4.79 Å². The third-order valence-electron chi connectivity index (χ3n) is 8.01. The molecule has 0 radical (unpaired) electrons. The number of aromatic nitrogens is 1. The summed E-state index contributed by atoms with van der Waals surface area (Å²) in [6, 6.07) is 17.8. The molecule has 41 heavy (non-hydrogen) atoms. The predicted octanol–water partition coefficient (Wildman–Crippen LogP) is 7.45. The summed E-state index contributed by atoms with van der Waals surface area (Å²) in [5.74, 6) is 0. The summed E-state index contributed by atoms with van der Waals surface area (Å²) in [6.07, 6.45) is 2.19. The fourth-order valence-electron chi connectivity index (χ4n) is 5.17. The summed E-state index contributed by atoms with van der Waals surface area (Å²) >= 11 is 0. The second-order valence-corrected chi connectivity index (χ2v) is 12.6. The molecule has 0 bridgehead atoms. The number of alkyl halides is 1. The van der Waals surface area contributed by atoms with Crippen molar-refractivity contribution >= 4 is 17.4 Å². The number of halogens is 1. The van der Waals surface area contributed by atoms with Gasteiger partial charge in [-0.25, -0.2) is 4.39 Å². The van der Waals surface area contributed by atoms with Gasteiger partial charge in [0, 0.05) is 55.9 Å². The van der Waals surface area contributed by atoms with Crippen LogP contribution in [0, 0.1) is 19.3 Å². The average Bonchev–Trinajstić information content (AvgIpc) is 3.20. The van der Waals surface area contributed by atoms with Gasteiger partial charge in [0.25, 0.3) is 6.47 Å². The molecular formula is C35H54FN3O2. The highest BCUT2D eigenvalue weighted by Gasteiger charge is 2.23. The minimum absolute atomic E-state index is 0.313. The summed E-state index contributed by atoms with van der Waals surface area (Å²) in [4.78, 5) is 13.6. The Balaban J connectivity index is 0.000000290. The van der Waals surface area contributed by atoms with Crippen LogP contribution in [0.5, 0.6) is 0 Å². The first-order valence-corrected chi connectivity index (χ1v) is 15.1. The van der Waals surface area contributed by atoms with E-state index in [-0.39, 0.29) is 0 Å². The quantitative estimate of drug-likeness (QED) is 0.252. The number of methoxy groups -OCH3 is 1. The Bertz CT molecular complexity index is 1190. The number of nitrogens with zero attached hydrogens (tertiary/aromatic N) is 3. The average molecular weight is 568 g/mol. The lowest BCUT2D eigenvalue weighted by Gasteiger charge is -2.36. The Hall–Kier alpha value is -2.70. The molecule has 1 aromatic heterocycles. The Morgan fingerprint density at radius 2 is 1.44 bits per heavy atom. The van der Waals surface area contributed by atoms with Crippen LogP contribution in [0.1, 0.15) is 70.3 Å². The van der Waals surface area contributed by atoms with Gasteiger partial charge in [-0.05, 0) is 69.7 Å². The largest absolute Gasteiger partial charge is 0.471 e. The van der Waals surface area contributed by atoms with E-state index in [0.717, 1.165) is 45.7 Å². The van der Waals surface area contributed by atoms with Crippen molar-refractivity contribution in [2.75, 3.05) is 46.4 Å². The van der Waals surface area contributed by atoms with Crippen LogP contribution in [0.25, 0.3) is 10.9 Å². The van der Waals surface area contributed by atoms with Crippen molar-refractivity contribution in [1.82, 2.24) is 14.4 Å². The van der Waals surface area contributed by atoms with E-state index >= 15 is 0 Å². The molecule has 1 aliphatic rings. The predicted molar refractivity (Wildman–Crippen MR) is 172 cm³/mol. The number of likely N-dealkylation sites (N-methyl/N-ethyl adjacent to an activating group) is 1. The third kappa shape index (κ3) is 11.2. The first kappa shape index (κ1) is 34.5. The van der Waals surface area contributed by atoms with Gasteiger partial charge in [-0.15, -0.1) is 0 Å². The lowest BCUT2D eigenvalue weighted by Crippen LogP contribution is -2.49. The molecule has 0 atom stereocenters. The van der Waals surface area contributed by atoms with Crippen molar-refractivity contribution in [3.05, 3.63) is 70.9 Å². The maximum Gasteiger partial charge on any atom is 0.292 e. The molecule has 1 aliphatic heterocycles. The highest BCUT2D eigenvalue weighted by Crippen LogP contribution is 2.32. The van der Waals surface area contributed by atoms with E-state index in [1.165, 1.54) is 46.8 Å². The fraction of sp³-hybridized carbons (Fsp3) is 0.571. The minimum atomic E-state index is -1.05. The number of rotatable bonds is 9. The van der Waals surface area contributed by atoms with Gasteiger partial charge in [0.1, 0.15) is 5.67 Å². The number of carbonyl (C=O) groups is 1. The normalized spacial score (nSPS) is 14.6. The van der Waals surface area contributed by atoms with E-state index in [1.807, 2.05) is 0 Å².